The molecule has 8 heteroatoms. The van der Waals surface area contributed by atoms with E-state index in [9.17, 15) is 9.59 Å². The summed E-state index contributed by atoms with van der Waals surface area (Å²) in [5, 5.41) is 0. The Morgan fingerprint density at radius 1 is 1.30 bits per heavy atom. The van der Waals surface area contributed by atoms with Gasteiger partial charge in [0, 0.05) is 19.4 Å². The standard InChI is InChI=1S/C8H17N3.C4H5NO3S/c1-4-9-8-10-6-5-7-11(2)3;6-3-1-2-4(7)5(3)9-8/h4-7H2,1-3H3;8H,1-2H2. The van der Waals surface area contributed by atoms with Crippen molar-refractivity contribution >= 4 is 30.1 Å². The van der Waals surface area contributed by atoms with E-state index >= 15 is 0 Å². The maximum atomic E-state index is 10.5. The van der Waals surface area contributed by atoms with Crippen LogP contribution in [0.2, 0.25) is 0 Å². The molecule has 1 fully saturated rings. The molecule has 1 aliphatic heterocycles. The average Bonchev–Trinajstić information content (AvgIpc) is 2.73. The quantitative estimate of drug-likeness (QED) is 0.263. The van der Waals surface area contributed by atoms with Gasteiger partial charge in [-0.05, 0) is 34.0 Å². The van der Waals surface area contributed by atoms with Gasteiger partial charge in [-0.25, -0.2) is 9.98 Å². The van der Waals surface area contributed by atoms with Crippen molar-refractivity contribution in [3.8, 4) is 0 Å². The number of amides is 2. The predicted molar refractivity (Wildman–Crippen MR) is 79.7 cm³/mol. The summed E-state index contributed by atoms with van der Waals surface area (Å²) in [5.74, 6) is -0.625. The van der Waals surface area contributed by atoms with Crippen molar-refractivity contribution in [2.75, 3.05) is 33.7 Å². The van der Waals surface area contributed by atoms with Crippen molar-refractivity contribution in [2.24, 2.45) is 9.98 Å². The van der Waals surface area contributed by atoms with E-state index in [1.54, 1.807) is 0 Å². The number of hydrogen-bond donors (Lipinski definition) is 1. The SMILES string of the molecule is CCN=C=NCCCN(C)C.O=C1CCC(=O)N1SO. The van der Waals surface area contributed by atoms with E-state index in [-0.39, 0.29) is 36.9 Å². The second-order valence-corrected chi connectivity index (χ2v) is 4.80. The number of hydrogen-bond acceptors (Lipinski definition) is 7. The molecular formula is C12H22N4O3S. The summed E-state index contributed by atoms with van der Waals surface area (Å²) in [6.45, 7) is 4.67. The molecule has 0 aliphatic carbocycles. The Bertz CT molecular complexity index is 352. The number of aliphatic imine (C=N–C) groups is 2. The van der Waals surface area contributed by atoms with Gasteiger partial charge in [0.25, 0.3) is 0 Å². The normalized spacial score (nSPS) is 13.9. The molecule has 0 aromatic carbocycles. The maximum absolute atomic E-state index is 10.5. The van der Waals surface area contributed by atoms with Crippen molar-refractivity contribution < 1.29 is 14.1 Å². The van der Waals surface area contributed by atoms with Crippen LogP contribution in [0, 0.1) is 0 Å². The first-order chi connectivity index (χ1) is 9.52. The summed E-state index contributed by atoms with van der Waals surface area (Å²) in [4.78, 5) is 31.1. The van der Waals surface area contributed by atoms with Crippen LogP contribution in [0.25, 0.3) is 0 Å². The average molecular weight is 302 g/mol. The summed E-state index contributed by atoms with van der Waals surface area (Å²) in [6.07, 6.45) is 1.54. The zero-order valence-electron chi connectivity index (χ0n) is 12.2. The Balaban J connectivity index is 0.000000367. The zero-order valence-corrected chi connectivity index (χ0v) is 13.0. The lowest BCUT2D eigenvalue weighted by Crippen LogP contribution is -2.20. The molecule has 0 unspecified atom stereocenters. The molecule has 0 aromatic heterocycles. The van der Waals surface area contributed by atoms with Gasteiger partial charge in [-0.1, -0.05) is 0 Å². The van der Waals surface area contributed by atoms with E-state index in [4.69, 9.17) is 4.55 Å². The summed E-state index contributed by atoms with van der Waals surface area (Å²) >= 11 is 0.183. The molecule has 0 atom stereocenters. The van der Waals surface area contributed by atoms with Gasteiger partial charge in [0.15, 0.2) is 0 Å². The first kappa shape index (κ1) is 18.8. The highest BCUT2D eigenvalue weighted by atomic mass is 32.2. The van der Waals surface area contributed by atoms with E-state index in [0.717, 1.165) is 30.4 Å². The van der Waals surface area contributed by atoms with Gasteiger partial charge in [-0.2, -0.15) is 4.31 Å². The molecule has 0 radical (unpaired) electrons. The molecular weight excluding hydrogens is 280 g/mol. The van der Waals surface area contributed by atoms with Crippen LogP contribution in [0.15, 0.2) is 9.98 Å². The molecule has 1 rings (SSSR count). The van der Waals surface area contributed by atoms with Crippen LogP contribution in [0.5, 0.6) is 0 Å². The highest BCUT2D eigenvalue weighted by Gasteiger charge is 2.29. The van der Waals surface area contributed by atoms with Crippen LogP contribution < -0.4 is 0 Å². The number of carbonyl (C=O) groups excluding carboxylic acids is 2. The number of rotatable bonds is 6. The van der Waals surface area contributed by atoms with Crippen LogP contribution in [0.4, 0.5) is 0 Å². The fourth-order valence-corrected chi connectivity index (χ4v) is 1.65. The third kappa shape index (κ3) is 8.82. The highest BCUT2D eigenvalue weighted by Crippen LogP contribution is 2.17. The molecule has 0 aromatic rings. The van der Waals surface area contributed by atoms with Crippen molar-refractivity contribution in [1.29, 1.82) is 0 Å². The molecule has 1 aliphatic rings. The van der Waals surface area contributed by atoms with E-state index < -0.39 is 0 Å². The van der Waals surface area contributed by atoms with Gasteiger partial charge in [-0.3, -0.25) is 9.59 Å². The Labute approximate surface area is 124 Å². The van der Waals surface area contributed by atoms with Crippen molar-refractivity contribution in [3.05, 3.63) is 0 Å². The van der Waals surface area contributed by atoms with Crippen LogP contribution in [-0.4, -0.2) is 65.3 Å². The maximum Gasteiger partial charge on any atom is 0.241 e. The van der Waals surface area contributed by atoms with Gasteiger partial charge in [0.1, 0.15) is 12.2 Å². The predicted octanol–water partition coefficient (Wildman–Crippen LogP) is 1.39. The van der Waals surface area contributed by atoms with Crippen molar-refractivity contribution in [3.63, 3.8) is 0 Å². The van der Waals surface area contributed by atoms with Crippen molar-refractivity contribution in [2.45, 2.75) is 26.2 Å². The third-order valence-corrected chi connectivity index (χ3v) is 2.83. The van der Waals surface area contributed by atoms with Crippen molar-refractivity contribution in [1.82, 2.24) is 9.21 Å². The highest BCUT2D eigenvalue weighted by molar-refractivity contribution is 7.92. The van der Waals surface area contributed by atoms with Gasteiger partial charge < -0.3 is 9.45 Å². The summed E-state index contributed by atoms with van der Waals surface area (Å²) < 4.78 is 9.07. The molecule has 7 nitrogen and oxygen atoms in total. The summed E-state index contributed by atoms with van der Waals surface area (Å²) in [6, 6.07) is 2.64. The van der Waals surface area contributed by atoms with E-state index in [1.165, 1.54) is 0 Å². The lowest BCUT2D eigenvalue weighted by molar-refractivity contribution is -0.132. The van der Waals surface area contributed by atoms with Gasteiger partial charge in [0.2, 0.25) is 11.8 Å². The minimum absolute atomic E-state index is 0.183. The molecule has 0 saturated carbocycles. The fraction of sp³-hybridized carbons (Fsp3) is 0.750. The Kier molecular flexibility index (Phi) is 10.9. The summed E-state index contributed by atoms with van der Waals surface area (Å²) in [7, 11) is 4.12. The lowest BCUT2D eigenvalue weighted by atomic mass is 10.4. The third-order valence-electron chi connectivity index (χ3n) is 2.26. The molecule has 2 amide bonds. The first-order valence-corrected chi connectivity index (χ1v) is 7.16. The largest absolute Gasteiger partial charge is 0.312 e. The fourth-order valence-electron chi connectivity index (χ4n) is 1.28. The van der Waals surface area contributed by atoms with Crippen LogP contribution in [0.1, 0.15) is 26.2 Å². The topological polar surface area (TPSA) is 85.6 Å². The minimum Gasteiger partial charge on any atom is -0.312 e. The molecule has 1 saturated heterocycles. The van der Waals surface area contributed by atoms with Gasteiger partial charge in [-0.15, -0.1) is 0 Å². The number of carbonyl (C=O) groups is 2. The van der Waals surface area contributed by atoms with E-state index in [2.05, 4.69) is 35.0 Å². The molecule has 1 heterocycles. The first-order valence-electron chi connectivity index (χ1n) is 6.43. The van der Waals surface area contributed by atoms with Gasteiger partial charge in [0.05, 0.1) is 12.6 Å². The Morgan fingerprint density at radius 3 is 2.30 bits per heavy atom. The zero-order chi connectivity index (χ0) is 15.4. The number of nitrogens with zero attached hydrogens (tertiary/aromatic N) is 4. The Morgan fingerprint density at radius 2 is 1.90 bits per heavy atom. The monoisotopic (exact) mass is 302 g/mol. The van der Waals surface area contributed by atoms with Gasteiger partial charge >= 0.3 is 0 Å². The second kappa shape index (κ2) is 11.6. The van der Waals surface area contributed by atoms with Crippen LogP contribution in [0.3, 0.4) is 0 Å². The molecule has 1 N–H and O–H groups in total. The Hall–Kier alpha value is -1.21. The molecule has 0 spiro atoms. The smallest absolute Gasteiger partial charge is 0.241 e. The molecule has 20 heavy (non-hydrogen) atoms. The van der Waals surface area contributed by atoms with E-state index in [0.29, 0.717) is 0 Å². The van der Waals surface area contributed by atoms with E-state index in [1.807, 2.05) is 6.92 Å². The second-order valence-electron chi connectivity index (χ2n) is 4.28. The number of imide groups is 1. The minimum atomic E-state index is -0.312. The lowest BCUT2D eigenvalue weighted by Gasteiger charge is -2.05. The molecule has 0 bridgehead atoms. The molecule has 114 valence electrons. The van der Waals surface area contributed by atoms with Crippen LogP contribution in [-0.2, 0) is 9.59 Å². The van der Waals surface area contributed by atoms with Crippen LogP contribution >= 0.6 is 12.2 Å². The summed E-state index contributed by atoms with van der Waals surface area (Å²) in [5.41, 5.74) is 0.